The van der Waals surface area contributed by atoms with Gasteiger partial charge in [-0.2, -0.15) is 0 Å². The Morgan fingerprint density at radius 3 is 2.38 bits per heavy atom. The summed E-state index contributed by atoms with van der Waals surface area (Å²) in [4.78, 5) is 0. The maximum atomic E-state index is 10.5. The van der Waals surface area contributed by atoms with Gasteiger partial charge in [0.15, 0.2) is 0 Å². The molecule has 1 heterocycles. The van der Waals surface area contributed by atoms with Crippen molar-refractivity contribution < 1.29 is 14.6 Å². The van der Waals surface area contributed by atoms with Gasteiger partial charge >= 0.3 is 0 Å². The van der Waals surface area contributed by atoms with Crippen molar-refractivity contribution in [2.45, 2.75) is 12.0 Å². The first kappa shape index (κ1) is 17.8. The lowest BCUT2D eigenvalue weighted by Gasteiger charge is -2.27. The molecule has 3 heteroatoms. The lowest BCUT2D eigenvalue weighted by Crippen LogP contribution is -2.34. The van der Waals surface area contributed by atoms with Gasteiger partial charge in [-0.25, -0.2) is 0 Å². The molecule has 0 bridgehead atoms. The van der Waals surface area contributed by atoms with Crippen molar-refractivity contribution >= 4 is 10.8 Å². The molecule has 144 valence electrons. The predicted molar refractivity (Wildman–Crippen MR) is 115 cm³/mol. The number of hydrogen-bond donors (Lipinski definition) is 1. The first-order valence-corrected chi connectivity index (χ1v) is 9.83. The number of rotatable bonds is 5. The molecule has 0 amide bonds. The summed E-state index contributed by atoms with van der Waals surface area (Å²) in [7, 11) is 0. The van der Waals surface area contributed by atoms with Crippen molar-refractivity contribution in [3.63, 3.8) is 0 Å². The zero-order chi connectivity index (χ0) is 19.7. The minimum atomic E-state index is -0.575. The molecule has 0 aliphatic carbocycles. The van der Waals surface area contributed by atoms with E-state index in [1.807, 2.05) is 72.8 Å². The molecule has 1 unspecified atom stereocenters. The Bertz CT molecular complexity index is 1140. The van der Waals surface area contributed by atoms with Gasteiger partial charge in [-0.3, -0.25) is 0 Å². The maximum Gasteiger partial charge on any atom is 0.124 e. The van der Waals surface area contributed by atoms with Gasteiger partial charge in [0.1, 0.15) is 24.7 Å². The summed E-state index contributed by atoms with van der Waals surface area (Å²) >= 11 is 0. The van der Waals surface area contributed by atoms with Crippen molar-refractivity contribution in [1.82, 2.24) is 0 Å². The monoisotopic (exact) mass is 382 g/mol. The summed E-state index contributed by atoms with van der Waals surface area (Å²) in [6.45, 7) is 0.942. The van der Waals surface area contributed by atoms with Crippen molar-refractivity contribution in [2.24, 2.45) is 0 Å². The third-order valence-corrected chi connectivity index (χ3v) is 5.77. The van der Waals surface area contributed by atoms with Crippen LogP contribution in [-0.4, -0.2) is 18.3 Å². The standard InChI is InChI=1S/C26H22O3/c27-17-26(18-29-24-15-10-20-8-4-5-9-23(20)25(24)26)21-11-13-22(14-12-21)28-16-19-6-2-1-3-7-19/h1-15,27H,16-18H2. The van der Waals surface area contributed by atoms with Crippen LogP contribution in [0.4, 0.5) is 0 Å². The van der Waals surface area contributed by atoms with E-state index in [9.17, 15) is 5.11 Å². The minimum Gasteiger partial charge on any atom is -0.492 e. The summed E-state index contributed by atoms with van der Waals surface area (Å²) in [6.07, 6.45) is 0. The molecule has 4 aromatic carbocycles. The third-order valence-electron chi connectivity index (χ3n) is 5.77. The van der Waals surface area contributed by atoms with Gasteiger partial charge < -0.3 is 14.6 Å². The largest absolute Gasteiger partial charge is 0.492 e. The van der Waals surface area contributed by atoms with Crippen LogP contribution < -0.4 is 9.47 Å². The molecule has 1 N–H and O–H groups in total. The van der Waals surface area contributed by atoms with Gasteiger partial charge in [-0.1, -0.05) is 72.8 Å². The SMILES string of the molecule is OCC1(c2ccc(OCc3ccccc3)cc2)COc2ccc3ccccc3c21. The Morgan fingerprint density at radius 2 is 1.59 bits per heavy atom. The van der Waals surface area contributed by atoms with Crippen molar-refractivity contribution in [3.8, 4) is 11.5 Å². The molecular weight excluding hydrogens is 360 g/mol. The van der Waals surface area contributed by atoms with E-state index in [-0.39, 0.29) is 6.61 Å². The Labute approximate surface area is 170 Å². The summed E-state index contributed by atoms with van der Waals surface area (Å²) in [5, 5.41) is 12.8. The van der Waals surface area contributed by atoms with E-state index in [0.717, 1.165) is 39.0 Å². The number of hydrogen-bond acceptors (Lipinski definition) is 3. The summed E-state index contributed by atoms with van der Waals surface area (Å²) in [5.41, 5.74) is 2.65. The summed E-state index contributed by atoms with van der Waals surface area (Å²) in [6, 6.07) is 30.5. The molecule has 4 aromatic rings. The number of ether oxygens (including phenoxy) is 2. The molecule has 1 aliphatic heterocycles. The van der Waals surface area contributed by atoms with Crippen LogP contribution in [0, 0.1) is 0 Å². The molecule has 0 saturated carbocycles. The number of aliphatic hydroxyl groups excluding tert-OH is 1. The molecule has 0 spiro atoms. The van der Waals surface area contributed by atoms with Crippen molar-refractivity contribution in [1.29, 1.82) is 0 Å². The molecule has 29 heavy (non-hydrogen) atoms. The second-order valence-corrected chi connectivity index (χ2v) is 7.49. The Balaban J connectivity index is 1.48. The smallest absolute Gasteiger partial charge is 0.124 e. The second kappa shape index (κ2) is 7.26. The predicted octanol–water partition coefficient (Wildman–Crippen LogP) is 5.09. The highest BCUT2D eigenvalue weighted by Crippen LogP contribution is 2.47. The molecule has 0 fully saturated rings. The van der Waals surface area contributed by atoms with Gasteiger partial charge in [0, 0.05) is 5.56 Å². The van der Waals surface area contributed by atoms with Crippen molar-refractivity contribution in [3.05, 3.63) is 108 Å². The van der Waals surface area contributed by atoms with Gasteiger partial charge in [-0.05, 0) is 40.1 Å². The van der Waals surface area contributed by atoms with E-state index in [4.69, 9.17) is 9.47 Å². The number of fused-ring (bicyclic) bond motifs is 3. The molecule has 0 aromatic heterocycles. The molecule has 1 atom stereocenters. The summed E-state index contributed by atoms with van der Waals surface area (Å²) < 4.78 is 11.9. The number of aliphatic hydroxyl groups is 1. The van der Waals surface area contributed by atoms with E-state index in [2.05, 4.69) is 18.2 Å². The third kappa shape index (κ3) is 3.04. The zero-order valence-corrected chi connectivity index (χ0v) is 16.0. The lowest BCUT2D eigenvalue weighted by molar-refractivity contribution is 0.185. The first-order chi connectivity index (χ1) is 14.3. The Morgan fingerprint density at radius 1 is 0.828 bits per heavy atom. The molecule has 0 radical (unpaired) electrons. The van der Waals surface area contributed by atoms with Crippen LogP contribution >= 0.6 is 0 Å². The lowest BCUT2D eigenvalue weighted by atomic mass is 9.75. The van der Waals surface area contributed by atoms with Crippen LogP contribution in [0.15, 0.2) is 91.0 Å². The molecule has 0 saturated heterocycles. The Kier molecular flexibility index (Phi) is 4.45. The quantitative estimate of drug-likeness (QED) is 0.523. The Hall–Kier alpha value is -3.30. The molecular formula is C26H22O3. The van der Waals surface area contributed by atoms with Crippen LogP contribution in [0.1, 0.15) is 16.7 Å². The van der Waals surface area contributed by atoms with Gasteiger partial charge in [0.25, 0.3) is 0 Å². The highest BCUT2D eigenvalue weighted by Gasteiger charge is 2.43. The molecule has 3 nitrogen and oxygen atoms in total. The molecule has 1 aliphatic rings. The fourth-order valence-corrected chi connectivity index (χ4v) is 4.19. The maximum absolute atomic E-state index is 10.5. The van der Waals surface area contributed by atoms with E-state index >= 15 is 0 Å². The van der Waals surface area contributed by atoms with E-state index in [1.54, 1.807) is 0 Å². The van der Waals surface area contributed by atoms with E-state index in [0.29, 0.717) is 13.2 Å². The fourth-order valence-electron chi connectivity index (χ4n) is 4.19. The number of benzene rings is 4. The van der Waals surface area contributed by atoms with Crippen LogP contribution in [0.3, 0.4) is 0 Å². The highest BCUT2D eigenvalue weighted by molar-refractivity contribution is 5.90. The first-order valence-electron chi connectivity index (χ1n) is 9.83. The molecule has 5 rings (SSSR count). The highest BCUT2D eigenvalue weighted by atomic mass is 16.5. The fraction of sp³-hybridized carbons (Fsp3) is 0.154. The van der Waals surface area contributed by atoms with Crippen molar-refractivity contribution in [2.75, 3.05) is 13.2 Å². The zero-order valence-electron chi connectivity index (χ0n) is 16.0. The van der Waals surface area contributed by atoms with Crippen LogP contribution in [0.5, 0.6) is 11.5 Å². The second-order valence-electron chi connectivity index (χ2n) is 7.49. The topological polar surface area (TPSA) is 38.7 Å². The van der Waals surface area contributed by atoms with Crippen LogP contribution in [-0.2, 0) is 12.0 Å². The van der Waals surface area contributed by atoms with E-state index in [1.165, 1.54) is 0 Å². The van der Waals surface area contributed by atoms with Gasteiger partial charge in [0.2, 0.25) is 0 Å². The average Bonchev–Trinajstić information content (AvgIpc) is 3.19. The average molecular weight is 382 g/mol. The van der Waals surface area contributed by atoms with Crippen LogP contribution in [0.2, 0.25) is 0 Å². The van der Waals surface area contributed by atoms with E-state index < -0.39 is 5.41 Å². The van der Waals surface area contributed by atoms with Crippen LogP contribution in [0.25, 0.3) is 10.8 Å². The van der Waals surface area contributed by atoms with Gasteiger partial charge in [0.05, 0.1) is 12.0 Å². The van der Waals surface area contributed by atoms with Gasteiger partial charge in [-0.15, -0.1) is 0 Å². The summed E-state index contributed by atoms with van der Waals surface area (Å²) in [5.74, 6) is 1.66. The normalized spacial score (nSPS) is 17.7. The minimum absolute atomic E-state index is 0.0156.